The molecule has 206 valence electrons. The van der Waals surface area contributed by atoms with Crippen LogP contribution in [0.3, 0.4) is 0 Å². The van der Waals surface area contributed by atoms with Crippen LogP contribution in [0.25, 0.3) is 17.0 Å². The first-order valence-electron chi connectivity index (χ1n) is 12.5. The molecule has 5 rings (SSSR count). The number of hydrogen-bond acceptors (Lipinski definition) is 8. The molecule has 13 heteroatoms. The van der Waals surface area contributed by atoms with Gasteiger partial charge in [-0.3, -0.25) is 4.79 Å². The van der Waals surface area contributed by atoms with Crippen molar-refractivity contribution in [2.24, 2.45) is 0 Å². The van der Waals surface area contributed by atoms with E-state index in [9.17, 15) is 18.4 Å². The summed E-state index contributed by atoms with van der Waals surface area (Å²) in [5.41, 5.74) is 0.921. The quantitative estimate of drug-likeness (QED) is 0.400. The predicted octanol–water partition coefficient (Wildman–Crippen LogP) is 4.06. The Morgan fingerprint density at radius 3 is 2.51 bits per heavy atom. The number of rotatable bonds is 5. The van der Waals surface area contributed by atoms with E-state index >= 15 is 0 Å². The van der Waals surface area contributed by atoms with Gasteiger partial charge >= 0.3 is 6.09 Å². The van der Waals surface area contributed by atoms with Crippen LogP contribution in [0.4, 0.5) is 13.6 Å². The highest BCUT2D eigenvalue weighted by Gasteiger charge is 2.29. The van der Waals surface area contributed by atoms with Crippen molar-refractivity contribution in [1.29, 1.82) is 0 Å². The average Bonchev–Trinajstić information content (AvgIpc) is 3.49. The fourth-order valence-electron chi connectivity index (χ4n) is 4.67. The Kier molecular flexibility index (Phi) is 6.83. The molecule has 0 saturated carbocycles. The number of amides is 1. The van der Waals surface area contributed by atoms with Gasteiger partial charge in [-0.25, -0.2) is 18.1 Å². The minimum Gasteiger partial charge on any atom is -0.491 e. The molecule has 0 bridgehead atoms. The monoisotopic (exact) mass is 542 g/mol. The van der Waals surface area contributed by atoms with Gasteiger partial charge in [0.1, 0.15) is 11.2 Å². The number of benzene rings is 1. The van der Waals surface area contributed by atoms with Gasteiger partial charge in [-0.15, -0.1) is 0 Å². The third-order valence-electron chi connectivity index (χ3n) is 6.43. The molecule has 11 nitrogen and oxygen atoms in total. The lowest BCUT2D eigenvalue weighted by molar-refractivity contribution is 0.0203. The molecule has 1 aliphatic heterocycles. The van der Waals surface area contributed by atoms with E-state index in [4.69, 9.17) is 14.0 Å². The van der Waals surface area contributed by atoms with Crippen molar-refractivity contribution in [2.75, 3.05) is 20.2 Å². The van der Waals surface area contributed by atoms with Crippen molar-refractivity contribution >= 4 is 11.7 Å². The van der Waals surface area contributed by atoms with Gasteiger partial charge in [0.2, 0.25) is 11.7 Å². The Bertz CT molecular complexity index is 1560. The number of carbonyl (C=O) groups excluding carboxylic acids is 1. The topological polar surface area (TPSA) is 128 Å². The Morgan fingerprint density at radius 2 is 1.87 bits per heavy atom. The van der Waals surface area contributed by atoms with E-state index in [0.29, 0.717) is 42.8 Å². The molecule has 0 aliphatic carbocycles. The fraction of sp³-hybridized carbons (Fsp3) is 0.423. The number of methoxy groups -OCH3 is 1. The Labute approximate surface area is 221 Å². The maximum absolute atomic E-state index is 14.1. The number of nitrogens with zero attached hydrogens (tertiary/aromatic N) is 5. The highest BCUT2D eigenvalue weighted by molar-refractivity contribution is 5.72. The second kappa shape index (κ2) is 10.1. The van der Waals surface area contributed by atoms with Crippen molar-refractivity contribution in [3.63, 3.8) is 0 Å². The molecule has 0 radical (unpaired) electrons. The van der Waals surface area contributed by atoms with Crippen LogP contribution in [0.5, 0.6) is 5.75 Å². The summed E-state index contributed by atoms with van der Waals surface area (Å²) in [5, 5.41) is 8.44. The number of fused-ring (bicyclic) bond motifs is 1. The number of aromatic nitrogens is 5. The van der Waals surface area contributed by atoms with E-state index < -0.39 is 23.0 Å². The summed E-state index contributed by atoms with van der Waals surface area (Å²) in [6, 6.07) is 3.78. The molecule has 4 aromatic rings. The highest BCUT2D eigenvalue weighted by Crippen LogP contribution is 2.30. The van der Waals surface area contributed by atoms with E-state index in [1.54, 1.807) is 9.42 Å². The minimum absolute atomic E-state index is 0.0119. The summed E-state index contributed by atoms with van der Waals surface area (Å²) in [6.07, 6.45) is 2.42. The Balaban J connectivity index is 1.36. The molecular weight excluding hydrogens is 514 g/mol. The van der Waals surface area contributed by atoms with Crippen LogP contribution in [0.1, 0.15) is 56.7 Å². The van der Waals surface area contributed by atoms with Crippen LogP contribution in [0.15, 0.2) is 33.7 Å². The number of aromatic amines is 1. The predicted molar refractivity (Wildman–Crippen MR) is 135 cm³/mol. The number of piperidine rings is 1. The van der Waals surface area contributed by atoms with E-state index in [2.05, 4.69) is 20.2 Å². The van der Waals surface area contributed by atoms with E-state index in [1.165, 1.54) is 19.4 Å². The van der Waals surface area contributed by atoms with Crippen LogP contribution in [0.2, 0.25) is 0 Å². The molecule has 39 heavy (non-hydrogen) atoms. The molecule has 3 aromatic heterocycles. The smallest absolute Gasteiger partial charge is 0.410 e. The zero-order valence-electron chi connectivity index (χ0n) is 22.0. The molecule has 1 aromatic carbocycles. The second-order valence-corrected chi connectivity index (χ2v) is 10.4. The van der Waals surface area contributed by atoms with Crippen LogP contribution in [0, 0.1) is 11.6 Å². The van der Waals surface area contributed by atoms with Gasteiger partial charge in [-0.2, -0.15) is 10.1 Å². The first-order chi connectivity index (χ1) is 18.5. The Morgan fingerprint density at radius 1 is 1.18 bits per heavy atom. The summed E-state index contributed by atoms with van der Waals surface area (Å²) in [4.78, 5) is 33.8. The molecule has 1 fully saturated rings. The summed E-state index contributed by atoms with van der Waals surface area (Å²) in [5.74, 6) is -1.86. The average molecular weight is 543 g/mol. The first-order valence-corrected chi connectivity index (χ1v) is 12.5. The van der Waals surface area contributed by atoms with Gasteiger partial charge in [0.05, 0.1) is 31.0 Å². The molecule has 0 spiro atoms. The summed E-state index contributed by atoms with van der Waals surface area (Å²) < 4.78 is 45.3. The SMILES string of the molecule is COc1c(F)cc(Cc2nc(-c3cnn4c(C5CCN(C(=O)OC(C)(C)C)CC5)cc(=O)[nH]c34)no2)cc1F. The lowest BCUT2D eigenvalue weighted by Crippen LogP contribution is -2.41. The van der Waals surface area contributed by atoms with Gasteiger partial charge in [0.25, 0.3) is 5.56 Å². The van der Waals surface area contributed by atoms with Crippen LogP contribution < -0.4 is 10.3 Å². The fourth-order valence-corrected chi connectivity index (χ4v) is 4.67. The normalized spacial score (nSPS) is 14.7. The maximum atomic E-state index is 14.1. The molecule has 0 unspecified atom stereocenters. The third-order valence-corrected chi connectivity index (χ3v) is 6.43. The lowest BCUT2D eigenvalue weighted by atomic mass is 9.93. The number of likely N-dealkylation sites (tertiary alicyclic amines) is 1. The van der Waals surface area contributed by atoms with Crippen molar-refractivity contribution < 1.29 is 27.6 Å². The minimum atomic E-state index is -0.836. The third kappa shape index (κ3) is 5.47. The molecule has 4 heterocycles. The van der Waals surface area contributed by atoms with Gasteiger partial charge in [-0.1, -0.05) is 5.16 Å². The summed E-state index contributed by atoms with van der Waals surface area (Å²) in [7, 11) is 1.18. The maximum Gasteiger partial charge on any atom is 0.410 e. The summed E-state index contributed by atoms with van der Waals surface area (Å²) >= 11 is 0. The van der Waals surface area contributed by atoms with Gasteiger partial charge in [0.15, 0.2) is 17.4 Å². The Hall–Kier alpha value is -4.29. The zero-order chi connectivity index (χ0) is 27.9. The molecule has 0 atom stereocenters. The molecule has 1 N–H and O–H groups in total. The number of halogens is 2. The van der Waals surface area contributed by atoms with Crippen molar-refractivity contribution in [1.82, 2.24) is 29.6 Å². The van der Waals surface area contributed by atoms with Crippen LogP contribution in [-0.4, -0.2) is 61.5 Å². The standard InChI is InChI=1S/C26H28F2N6O5/c1-26(2,3)38-25(36)33-7-5-15(6-8-33)19-12-20(35)30-24-16(13-29-34(19)24)23-31-21(39-32-23)11-14-9-17(27)22(37-4)18(28)10-14/h9-10,12-13,15H,5-8,11H2,1-4H3,(H,30,35). The molecule has 1 saturated heterocycles. The van der Waals surface area contributed by atoms with Crippen LogP contribution >= 0.6 is 0 Å². The molecule has 1 amide bonds. The van der Waals surface area contributed by atoms with Crippen molar-refractivity contribution in [3.05, 3.63) is 63.5 Å². The van der Waals surface area contributed by atoms with Gasteiger partial charge in [-0.05, 0) is 51.3 Å². The molecular formula is C26H28F2N6O5. The number of nitrogens with one attached hydrogen (secondary N) is 1. The van der Waals surface area contributed by atoms with E-state index in [-0.39, 0.29) is 41.3 Å². The zero-order valence-corrected chi connectivity index (χ0v) is 22.0. The van der Waals surface area contributed by atoms with Gasteiger partial charge < -0.3 is 23.9 Å². The highest BCUT2D eigenvalue weighted by atomic mass is 19.1. The number of carbonyl (C=O) groups is 1. The van der Waals surface area contributed by atoms with E-state index in [1.807, 2.05) is 20.8 Å². The second-order valence-electron chi connectivity index (χ2n) is 10.4. The number of ether oxygens (including phenoxy) is 2. The number of H-pyrrole nitrogens is 1. The molecule has 1 aliphatic rings. The largest absolute Gasteiger partial charge is 0.491 e. The number of hydrogen-bond donors (Lipinski definition) is 1. The van der Waals surface area contributed by atoms with Crippen molar-refractivity contribution in [2.45, 2.75) is 51.6 Å². The summed E-state index contributed by atoms with van der Waals surface area (Å²) in [6.45, 7) is 6.45. The first kappa shape index (κ1) is 26.3. The van der Waals surface area contributed by atoms with E-state index in [0.717, 1.165) is 12.1 Å². The lowest BCUT2D eigenvalue weighted by Gasteiger charge is -2.33. The van der Waals surface area contributed by atoms with Crippen LogP contribution in [-0.2, 0) is 11.2 Å². The van der Waals surface area contributed by atoms with Crippen molar-refractivity contribution in [3.8, 4) is 17.1 Å². The van der Waals surface area contributed by atoms with Gasteiger partial charge in [0, 0.05) is 25.1 Å².